The predicted molar refractivity (Wildman–Crippen MR) is 79.9 cm³/mol. The van der Waals surface area contributed by atoms with Crippen molar-refractivity contribution in [3.63, 3.8) is 0 Å². The lowest BCUT2D eigenvalue weighted by atomic mass is 10.2. The van der Waals surface area contributed by atoms with E-state index in [9.17, 15) is 9.59 Å². The molecule has 0 aliphatic heterocycles. The molecular weight excluding hydrogens is 288 g/mol. The standard InChI is InChI=1S/2C8H8O3/c1-11-7-4-2-6(3-5-7)8(9)10;1-11-7-4-2-3-6(5-7)8(9)10/h2*2-5H,1H3,(H,9,10). The maximum absolute atomic E-state index is 10.4. The van der Waals surface area contributed by atoms with Crippen molar-refractivity contribution in [2.45, 2.75) is 0 Å². The van der Waals surface area contributed by atoms with Crippen molar-refractivity contribution < 1.29 is 29.3 Å². The molecule has 6 heteroatoms. The van der Waals surface area contributed by atoms with Gasteiger partial charge < -0.3 is 19.7 Å². The van der Waals surface area contributed by atoms with Crippen LogP contribution in [0.5, 0.6) is 11.5 Å². The summed E-state index contributed by atoms with van der Waals surface area (Å²) in [6, 6.07) is 12.6. The van der Waals surface area contributed by atoms with E-state index in [0.717, 1.165) is 0 Å². The summed E-state index contributed by atoms with van der Waals surface area (Å²) in [7, 11) is 3.04. The number of carboxylic acids is 2. The second-order valence-electron chi connectivity index (χ2n) is 4.07. The molecule has 0 bridgehead atoms. The molecule has 0 saturated carbocycles. The molecule has 0 aliphatic rings. The molecule has 0 heterocycles. The highest BCUT2D eigenvalue weighted by atomic mass is 16.5. The van der Waals surface area contributed by atoms with Crippen LogP contribution in [0.15, 0.2) is 48.5 Å². The van der Waals surface area contributed by atoms with Gasteiger partial charge in [0.1, 0.15) is 11.5 Å². The first kappa shape index (κ1) is 17.0. The number of methoxy groups -OCH3 is 2. The Kier molecular flexibility index (Phi) is 6.43. The average molecular weight is 304 g/mol. The van der Waals surface area contributed by atoms with E-state index < -0.39 is 11.9 Å². The first-order chi connectivity index (χ1) is 10.5. The molecule has 0 unspecified atom stereocenters. The molecule has 2 aromatic rings. The van der Waals surface area contributed by atoms with Gasteiger partial charge in [-0.3, -0.25) is 0 Å². The average Bonchev–Trinajstić information content (AvgIpc) is 2.55. The van der Waals surface area contributed by atoms with Crippen molar-refractivity contribution in [3.05, 3.63) is 59.7 Å². The van der Waals surface area contributed by atoms with Crippen LogP contribution >= 0.6 is 0 Å². The van der Waals surface area contributed by atoms with Crippen molar-refractivity contribution in [1.29, 1.82) is 0 Å². The van der Waals surface area contributed by atoms with Crippen LogP contribution in [0.3, 0.4) is 0 Å². The first-order valence-corrected chi connectivity index (χ1v) is 6.22. The van der Waals surface area contributed by atoms with E-state index in [1.807, 2.05) is 0 Å². The molecule has 0 atom stereocenters. The fourth-order valence-electron chi connectivity index (χ4n) is 1.49. The Balaban J connectivity index is 0.000000220. The second-order valence-corrected chi connectivity index (χ2v) is 4.07. The number of carboxylic acid groups (broad SMARTS) is 2. The highest BCUT2D eigenvalue weighted by Gasteiger charge is 2.02. The molecule has 0 aromatic heterocycles. The van der Waals surface area contributed by atoms with Crippen LogP contribution < -0.4 is 9.47 Å². The quantitative estimate of drug-likeness (QED) is 0.902. The zero-order valence-corrected chi connectivity index (χ0v) is 12.1. The minimum absolute atomic E-state index is 0.240. The van der Waals surface area contributed by atoms with Crippen LogP contribution in [0.2, 0.25) is 0 Å². The minimum atomic E-state index is -0.941. The maximum Gasteiger partial charge on any atom is 0.335 e. The molecule has 6 nitrogen and oxygen atoms in total. The number of hydrogen-bond acceptors (Lipinski definition) is 4. The summed E-state index contributed by atoms with van der Waals surface area (Å²) in [4.78, 5) is 20.8. The molecule has 2 N–H and O–H groups in total. The smallest absolute Gasteiger partial charge is 0.335 e. The fraction of sp³-hybridized carbons (Fsp3) is 0.125. The SMILES string of the molecule is COc1ccc(C(=O)O)cc1.COc1cccc(C(=O)O)c1. The van der Waals surface area contributed by atoms with Gasteiger partial charge in [-0.15, -0.1) is 0 Å². The molecular formula is C16H16O6. The van der Waals surface area contributed by atoms with E-state index in [4.69, 9.17) is 19.7 Å². The van der Waals surface area contributed by atoms with E-state index in [-0.39, 0.29) is 11.1 Å². The minimum Gasteiger partial charge on any atom is -0.497 e. The van der Waals surface area contributed by atoms with Gasteiger partial charge in [0.2, 0.25) is 0 Å². The molecule has 0 radical (unpaired) electrons. The number of rotatable bonds is 4. The number of aromatic carboxylic acids is 2. The van der Waals surface area contributed by atoms with Gasteiger partial charge in [-0.1, -0.05) is 6.07 Å². The monoisotopic (exact) mass is 304 g/mol. The maximum atomic E-state index is 10.4. The first-order valence-electron chi connectivity index (χ1n) is 6.22. The molecule has 2 aromatic carbocycles. The van der Waals surface area contributed by atoms with Gasteiger partial charge in [0.05, 0.1) is 25.3 Å². The number of benzene rings is 2. The van der Waals surface area contributed by atoms with Gasteiger partial charge >= 0.3 is 11.9 Å². The van der Waals surface area contributed by atoms with Crippen molar-refractivity contribution in [2.24, 2.45) is 0 Å². The van der Waals surface area contributed by atoms with Crippen molar-refractivity contribution in [1.82, 2.24) is 0 Å². The van der Waals surface area contributed by atoms with E-state index in [1.165, 1.54) is 38.5 Å². The van der Waals surface area contributed by atoms with Gasteiger partial charge in [0.15, 0.2) is 0 Å². The summed E-state index contributed by atoms with van der Waals surface area (Å²) in [6.07, 6.45) is 0. The summed E-state index contributed by atoms with van der Waals surface area (Å²) in [5.41, 5.74) is 0.509. The van der Waals surface area contributed by atoms with E-state index in [0.29, 0.717) is 11.5 Å². The molecule has 2 rings (SSSR count). The van der Waals surface area contributed by atoms with Crippen LogP contribution in [0.25, 0.3) is 0 Å². The molecule has 22 heavy (non-hydrogen) atoms. The Hall–Kier alpha value is -3.02. The van der Waals surface area contributed by atoms with E-state index >= 15 is 0 Å². The predicted octanol–water partition coefficient (Wildman–Crippen LogP) is 2.79. The van der Waals surface area contributed by atoms with Crippen molar-refractivity contribution in [3.8, 4) is 11.5 Å². The molecule has 0 spiro atoms. The Bertz CT molecular complexity index is 633. The second kappa shape index (κ2) is 8.31. The molecule has 0 amide bonds. The van der Waals surface area contributed by atoms with Gasteiger partial charge in [-0.2, -0.15) is 0 Å². The number of carbonyl (C=O) groups is 2. The van der Waals surface area contributed by atoms with Gasteiger partial charge in [0, 0.05) is 0 Å². The Morgan fingerprint density at radius 3 is 1.77 bits per heavy atom. The molecule has 0 saturated heterocycles. The molecule has 0 aliphatic carbocycles. The normalized spacial score (nSPS) is 9.18. The van der Waals surface area contributed by atoms with Gasteiger partial charge in [0.25, 0.3) is 0 Å². The Labute approximate surface area is 127 Å². The highest BCUT2D eigenvalue weighted by Crippen LogP contribution is 2.12. The molecule has 116 valence electrons. The van der Waals surface area contributed by atoms with Crippen LogP contribution in [-0.2, 0) is 0 Å². The lowest BCUT2D eigenvalue weighted by molar-refractivity contribution is 0.0686. The zero-order chi connectivity index (χ0) is 16.5. The largest absolute Gasteiger partial charge is 0.497 e. The molecule has 0 fully saturated rings. The summed E-state index contributed by atoms with van der Waals surface area (Å²) in [5, 5.41) is 17.1. The van der Waals surface area contributed by atoms with Crippen LogP contribution in [0, 0.1) is 0 Å². The third-order valence-electron chi connectivity index (χ3n) is 2.65. The third kappa shape index (κ3) is 5.16. The fourth-order valence-corrected chi connectivity index (χ4v) is 1.49. The lowest BCUT2D eigenvalue weighted by Crippen LogP contribution is -1.95. The lowest BCUT2D eigenvalue weighted by Gasteiger charge is -1.98. The summed E-state index contributed by atoms with van der Waals surface area (Å²) < 4.78 is 9.70. The third-order valence-corrected chi connectivity index (χ3v) is 2.65. The van der Waals surface area contributed by atoms with Gasteiger partial charge in [-0.05, 0) is 42.5 Å². The van der Waals surface area contributed by atoms with E-state index in [2.05, 4.69) is 0 Å². The van der Waals surface area contributed by atoms with Crippen molar-refractivity contribution in [2.75, 3.05) is 14.2 Å². The summed E-state index contributed by atoms with van der Waals surface area (Å²) in [5.74, 6) is -0.642. The van der Waals surface area contributed by atoms with Gasteiger partial charge in [-0.25, -0.2) is 9.59 Å². The number of hydrogen-bond donors (Lipinski definition) is 2. The summed E-state index contributed by atoms with van der Waals surface area (Å²) >= 11 is 0. The zero-order valence-electron chi connectivity index (χ0n) is 12.1. The van der Waals surface area contributed by atoms with E-state index in [1.54, 1.807) is 24.3 Å². The Morgan fingerprint density at radius 1 is 0.773 bits per heavy atom. The number of ether oxygens (including phenoxy) is 2. The van der Waals surface area contributed by atoms with Crippen molar-refractivity contribution >= 4 is 11.9 Å². The highest BCUT2D eigenvalue weighted by molar-refractivity contribution is 5.88. The Morgan fingerprint density at radius 2 is 1.32 bits per heavy atom. The van der Waals surface area contributed by atoms with Crippen LogP contribution in [0.4, 0.5) is 0 Å². The topological polar surface area (TPSA) is 93.1 Å². The van der Waals surface area contributed by atoms with Crippen LogP contribution in [0.1, 0.15) is 20.7 Å². The summed E-state index contributed by atoms with van der Waals surface area (Å²) in [6.45, 7) is 0. The van der Waals surface area contributed by atoms with Crippen LogP contribution in [-0.4, -0.2) is 36.4 Å².